The number of carbonyl (C=O) groups excluding carboxylic acids is 1. The van der Waals surface area contributed by atoms with E-state index in [2.05, 4.69) is 44.2 Å². The van der Waals surface area contributed by atoms with E-state index in [9.17, 15) is 4.79 Å². The molecule has 32 heavy (non-hydrogen) atoms. The second-order valence-electron chi connectivity index (χ2n) is 9.52. The number of benzene rings is 1. The van der Waals surface area contributed by atoms with Crippen molar-refractivity contribution in [3.05, 3.63) is 47.8 Å². The molecule has 4 heterocycles. The fraction of sp³-hybridized carbons (Fsp3) is 0.480. The summed E-state index contributed by atoms with van der Waals surface area (Å²) < 4.78 is 0. The number of amides is 1. The van der Waals surface area contributed by atoms with Crippen LogP contribution in [-0.2, 0) is 11.3 Å². The van der Waals surface area contributed by atoms with E-state index in [4.69, 9.17) is 4.98 Å². The zero-order valence-corrected chi connectivity index (χ0v) is 19.3. The number of hydrogen-bond donors (Lipinski definition) is 1. The van der Waals surface area contributed by atoms with Gasteiger partial charge in [0.05, 0.1) is 5.41 Å². The predicted molar refractivity (Wildman–Crippen MR) is 128 cm³/mol. The molecule has 0 saturated carbocycles. The van der Waals surface area contributed by atoms with E-state index in [0.29, 0.717) is 12.5 Å². The van der Waals surface area contributed by atoms with Crippen LogP contribution in [0.25, 0.3) is 10.9 Å². The highest BCUT2D eigenvalue weighted by Crippen LogP contribution is 2.42. The first kappa shape index (κ1) is 20.8. The van der Waals surface area contributed by atoms with Crippen LogP contribution in [0.15, 0.2) is 36.5 Å². The molecule has 5 rings (SSSR count). The summed E-state index contributed by atoms with van der Waals surface area (Å²) in [6.07, 6.45) is 5.84. The number of anilines is 2. The average Bonchev–Trinajstić information content (AvgIpc) is 3.20. The number of aromatic amines is 1. The van der Waals surface area contributed by atoms with Crippen molar-refractivity contribution >= 4 is 28.6 Å². The molecular weight excluding hydrogens is 400 g/mol. The maximum Gasteiger partial charge on any atom is 0.229 e. The molecule has 0 unspecified atom stereocenters. The van der Waals surface area contributed by atoms with Crippen LogP contribution in [-0.4, -0.2) is 59.5 Å². The minimum absolute atomic E-state index is 0.241. The maximum atomic E-state index is 13.7. The van der Waals surface area contributed by atoms with Crippen molar-refractivity contribution in [3.8, 4) is 0 Å². The van der Waals surface area contributed by atoms with Gasteiger partial charge in [0.15, 0.2) is 0 Å². The highest BCUT2D eigenvalue weighted by Gasteiger charge is 2.46. The lowest BCUT2D eigenvalue weighted by molar-refractivity contribution is -0.148. The minimum Gasteiger partial charge on any atom is -0.363 e. The molecule has 1 N–H and O–H groups in total. The zero-order valence-electron chi connectivity index (χ0n) is 19.3. The molecular formula is C25H32N6O. The zero-order chi connectivity index (χ0) is 22.3. The van der Waals surface area contributed by atoms with E-state index >= 15 is 0 Å². The first-order chi connectivity index (χ1) is 15.4. The smallest absolute Gasteiger partial charge is 0.229 e. The summed E-state index contributed by atoms with van der Waals surface area (Å²) in [5.41, 5.74) is 3.06. The number of likely N-dealkylation sites (tertiary alicyclic amines) is 1. The summed E-state index contributed by atoms with van der Waals surface area (Å²) in [4.78, 5) is 32.8. The van der Waals surface area contributed by atoms with E-state index in [0.717, 1.165) is 68.3 Å². The van der Waals surface area contributed by atoms with Crippen molar-refractivity contribution < 1.29 is 4.79 Å². The Labute approximate surface area is 189 Å². The fourth-order valence-corrected chi connectivity index (χ4v) is 5.28. The number of piperidine rings is 2. The van der Waals surface area contributed by atoms with Gasteiger partial charge in [-0.1, -0.05) is 18.2 Å². The summed E-state index contributed by atoms with van der Waals surface area (Å²) >= 11 is 0. The lowest BCUT2D eigenvalue weighted by Gasteiger charge is -2.46. The van der Waals surface area contributed by atoms with Crippen LogP contribution in [0.5, 0.6) is 0 Å². The predicted octanol–water partition coefficient (Wildman–Crippen LogP) is 3.74. The molecule has 0 aliphatic carbocycles. The number of para-hydroxylation sites is 1. The van der Waals surface area contributed by atoms with Crippen molar-refractivity contribution in [2.24, 2.45) is 5.41 Å². The SMILES string of the molecule is Cc1cc(N(C)C)nc(N2CCC3(CCCN(Cc4c[nH]c5ccccc45)C3=O)CC2)n1. The first-order valence-electron chi connectivity index (χ1n) is 11.6. The molecule has 2 aliphatic heterocycles. The van der Waals surface area contributed by atoms with Gasteiger partial charge in [-0.25, -0.2) is 4.98 Å². The van der Waals surface area contributed by atoms with Gasteiger partial charge in [0.2, 0.25) is 11.9 Å². The summed E-state index contributed by atoms with van der Waals surface area (Å²) in [5, 5.41) is 1.21. The summed E-state index contributed by atoms with van der Waals surface area (Å²) in [6.45, 7) is 5.18. The second-order valence-corrected chi connectivity index (χ2v) is 9.52. The highest BCUT2D eigenvalue weighted by atomic mass is 16.2. The topological polar surface area (TPSA) is 68.4 Å². The third-order valence-electron chi connectivity index (χ3n) is 7.15. The highest BCUT2D eigenvalue weighted by molar-refractivity contribution is 5.86. The lowest BCUT2D eigenvalue weighted by Crippen LogP contribution is -2.53. The third kappa shape index (κ3) is 3.70. The molecule has 7 heteroatoms. The molecule has 1 aromatic carbocycles. The number of nitrogens with one attached hydrogen (secondary N) is 1. The van der Waals surface area contributed by atoms with Crippen LogP contribution in [0.1, 0.15) is 36.9 Å². The molecule has 0 atom stereocenters. The molecule has 3 aromatic rings. The van der Waals surface area contributed by atoms with Gasteiger partial charge in [0, 0.05) is 69.1 Å². The fourth-order valence-electron chi connectivity index (χ4n) is 5.28. The number of aryl methyl sites for hydroxylation is 1. The Kier molecular flexibility index (Phi) is 5.27. The molecule has 1 amide bonds. The number of fused-ring (bicyclic) bond motifs is 1. The number of aromatic nitrogens is 3. The van der Waals surface area contributed by atoms with Gasteiger partial charge in [-0.2, -0.15) is 4.98 Å². The molecule has 0 radical (unpaired) electrons. The van der Waals surface area contributed by atoms with Gasteiger partial charge < -0.3 is 19.7 Å². The van der Waals surface area contributed by atoms with Gasteiger partial charge in [0.1, 0.15) is 5.82 Å². The molecule has 2 fully saturated rings. The molecule has 2 saturated heterocycles. The van der Waals surface area contributed by atoms with Crippen LogP contribution >= 0.6 is 0 Å². The maximum absolute atomic E-state index is 13.7. The number of hydrogen-bond acceptors (Lipinski definition) is 5. The van der Waals surface area contributed by atoms with Gasteiger partial charge in [0.25, 0.3) is 0 Å². The number of rotatable bonds is 4. The van der Waals surface area contributed by atoms with Crippen molar-refractivity contribution in [1.29, 1.82) is 0 Å². The standard InChI is InChI=1S/C25H32N6O/c1-18-15-22(29(2)3)28-24(27-18)30-13-10-25(11-14-30)9-6-12-31(23(25)32)17-19-16-26-21-8-5-4-7-20(19)21/h4-5,7-8,15-16,26H,6,9-14,17H2,1-3H3. The normalized spacial score (nSPS) is 18.5. The van der Waals surface area contributed by atoms with Crippen molar-refractivity contribution in [2.45, 2.75) is 39.2 Å². The van der Waals surface area contributed by atoms with Gasteiger partial charge in [-0.3, -0.25) is 4.79 Å². The summed E-state index contributed by atoms with van der Waals surface area (Å²) in [5.74, 6) is 2.03. The molecule has 2 aliphatic rings. The van der Waals surface area contributed by atoms with Crippen LogP contribution in [0.3, 0.4) is 0 Å². The first-order valence-corrected chi connectivity index (χ1v) is 11.6. The monoisotopic (exact) mass is 432 g/mol. The van der Waals surface area contributed by atoms with Crippen molar-refractivity contribution in [2.75, 3.05) is 43.5 Å². The van der Waals surface area contributed by atoms with Crippen LogP contribution in [0, 0.1) is 12.3 Å². The van der Waals surface area contributed by atoms with E-state index < -0.39 is 0 Å². The summed E-state index contributed by atoms with van der Waals surface area (Å²) in [6, 6.07) is 10.3. The average molecular weight is 433 g/mol. The quantitative estimate of drug-likeness (QED) is 0.680. The largest absolute Gasteiger partial charge is 0.363 e. The van der Waals surface area contributed by atoms with Crippen LogP contribution in [0.2, 0.25) is 0 Å². The van der Waals surface area contributed by atoms with Crippen LogP contribution < -0.4 is 9.80 Å². The Morgan fingerprint density at radius 1 is 1.09 bits per heavy atom. The van der Waals surface area contributed by atoms with E-state index in [1.807, 2.05) is 38.1 Å². The van der Waals surface area contributed by atoms with E-state index in [1.165, 1.54) is 10.9 Å². The van der Waals surface area contributed by atoms with Crippen LogP contribution in [0.4, 0.5) is 11.8 Å². The Morgan fingerprint density at radius 2 is 1.88 bits per heavy atom. The third-order valence-corrected chi connectivity index (χ3v) is 7.15. The van der Waals surface area contributed by atoms with E-state index in [-0.39, 0.29) is 5.41 Å². The Hall–Kier alpha value is -3.09. The Morgan fingerprint density at radius 3 is 2.66 bits per heavy atom. The molecule has 7 nitrogen and oxygen atoms in total. The molecule has 2 aromatic heterocycles. The molecule has 1 spiro atoms. The minimum atomic E-state index is -0.241. The Balaban J connectivity index is 1.30. The number of carbonyl (C=O) groups is 1. The van der Waals surface area contributed by atoms with E-state index in [1.54, 1.807) is 0 Å². The number of nitrogens with zero attached hydrogens (tertiary/aromatic N) is 5. The van der Waals surface area contributed by atoms with Gasteiger partial charge in [-0.05, 0) is 44.2 Å². The molecule has 168 valence electrons. The second kappa shape index (κ2) is 8.11. The van der Waals surface area contributed by atoms with Crippen molar-refractivity contribution in [1.82, 2.24) is 19.9 Å². The summed E-state index contributed by atoms with van der Waals surface area (Å²) in [7, 11) is 4.00. The lowest BCUT2D eigenvalue weighted by atomic mass is 9.71. The van der Waals surface area contributed by atoms with Gasteiger partial charge >= 0.3 is 0 Å². The van der Waals surface area contributed by atoms with Gasteiger partial charge in [-0.15, -0.1) is 0 Å². The molecule has 0 bridgehead atoms. The Bertz CT molecular complexity index is 1130. The number of H-pyrrole nitrogens is 1. The van der Waals surface area contributed by atoms with Crippen molar-refractivity contribution in [3.63, 3.8) is 0 Å².